The Morgan fingerprint density at radius 2 is 1.96 bits per heavy atom. The molecule has 0 bridgehead atoms. The first-order valence-electron chi connectivity index (χ1n) is 7.15. The zero-order valence-electron chi connectivity index (χ0n) is 12.8. The second-order valence-corrected chi connectivity index (χ2v) is 5.40. The summed E-state index contributed by atoms with van der Waals surface area (Å²) in [6.45, 7) is 1.45. The number of hydrogen-bond acceptors (Lipinski definition) is 3. The van der Waals surface area contributed by atoms with Gasteiger partial charge in [0.2, 0.25) is 0 Å². The molecule has 0 unspecified atom stereocenters. The molecule has 2 aromatic rings. The van der Waals surface area contributed by atoms with Crippen LogP contribution in [0.15, 0.2) is 54.6 Å². The summed E-state index contributed by atoms with van der Waals surface area (Å²) in [7, 11) is 0. The van der Waals surface area contributed by atoms with Crippen molar-refractivity contribution in [2.24, 2.45) is 0 Å². The first kappa shape index (κ1) is 17.7. The van der Waals surface area contributed by atoms with Crippen molar-refractivity contribution in [3.8, 4) is 0 Å². The molecule has 4 nitrogen and oxygen atoms in total. The van der Waals surface area contributed by atoms with Crippen LogP contribution >= 0.6 is 11.6 Å². The summed E-state index contributed by atoms with van der Waals surface area (Å²) in [6, 6.07) is 12.4. The maximum Gasteiger partial charge on any atom is 0.331 e. The second-order valence-electron chi connectivity index (χ2n) is 4.97. The van der Waals surface area contributed by atoms with Crippen molar-refractivity contribution < 1.29 is 18.7 Å². The average Bonchev–Trinajstić information content (AvgIpc) is 2.53. The maximum atomic E-state index is 13.0. The number of benzene rings is 2. The van der Waals surface area contributed by atoms with E-state index in [4.69, 9.17) is 16.3 Å². The number of carbonyl (C=O) groups is 2. The Labute approximate surface area is 143 Å². The molecule has 0 aromatic heterocycles. The molecular weight excluding hydrogens is 333 g/mol. The van der Waals surface area contributed by atoms with E-state index in [2.05, 4.69) is 5.32 Å². The summed E-state index contributed by atoms with van der Waals surface area (Å²) in [5.74, 6) is -1.59. The minimum atomic E-state index is -0.992. The quantitative estimate of drug-likeness (QED) is 0.655. The normalized spacial score (nSPS) is 12.0. The number of amides is 1. The van der Waals surface area contributed by atoms with Gasteiger partial charge in [0.25, 0.3) is 5.91 Å². The van der Waals surface area contributed by atoms with Gasteiger partial charge in [-0.3, -0.25) is 4.79 Å². The minimum absolute atomic E-state index is 0.403. The van der Waals surface area contributed by atoms with Gasteiger partial charge in [0.05, 0.1) is 0 Å². The number of esters is 1. The van der Waals surface area contributed by atoms with Crippen molar-refractivity contribution in [3.63, 3.8) is 0 Å². The highest BCUT2D eigenvalue weighted by Gasteiger charge is 2.16. The number of carbonyl (C=O) groups excluding carboxylic acids is 2. The predicted octanol–water partition coefficient (Wildman–Crippen LogP) is 4.06. The molecule has 0 saturated heterocycles. The van der Waals surface area contributed by atoms with Gasteiger partial charge in [-0.25, -0.2) is 9.18 Å². The maximum absolute atomic E-state index is 13.0. The van der Waals surface area contributed by atoms with Crippen LogP contribution in [0.1, 0.15) is 12.5 Å². The van der Waals surface area contributed by atoms with E-state index in [1.54, 1.807) is 30.3 Å². The Balaban J connectivity index is 1.89. The van der Waals surface area contributed by atoms with Gasteiger partial charge in [0, 0.05) is 16.8 Å². The van der Waals surface area contributed by atoms with Crippen LogP contribution in [0.2, 0.25) is 5.02 Å². The topological polar surface area (TPSA) is 55.4 Å². The van der Waals surface area contributed by atoms with Crippen LogP contribution in [-0.4, -0.2) is 18.0 Å². The van der Waals surface area contributed by atoms with Crippen molar-refractivity contribution >= 4 is 35.2 Å². The molecule has 0 fully saturated rings. The monoisotopic (exact) mass is 347 g/mol. The lowest BCUT2D eigenvalue weighted by atomic mass is 10.2. The number of ether oxygens (including phenoxy) is 1. The van der Waals surface area contributed by atoms with Crippen molar-refractivity contribution in [2.45, 2.75) is 13.0 Å². The fraction of sp³-hybridized carbons (Fsp3) is 0.111. The van der Waals surface area contributed by atoms with Gasteiger partial charge in [-0.05, 0) is 48.9 Å². The molecule has 124 valence electrons. The molecule has 0 heterocycles. The van der Waals surface area contributed by atoms with Crippen molar-refractivity contribution in [3.05, 3.63) is 71.0 Å². The first-order chi connectivity index (χ1) is 11.4. The molecule has 0 aliphatic heterocycles. The number of rotatable bonds is 5. The molecule has 2 rings (SSSR count). The van der Waals surface area contributed by atoms with Crippen molar-refractivity contribution in [1.29, 1.82) is 0 Å². The van der Waals surface area contributed by atoms with E-state index in [1.807, 2.05) is 0 Å². The summed E-state index contributed by atoms with van der Waals surface area (Å²) < 4.78 is 18.0. The Morgan fingerprint density at radius 1 is 1.21 bits per heavy atom. The van der Waals surface area contributed by atoms with Crippen LogP contribution < -0.4 is 5.32 Å². The molecule has 1 atom stereocenters. The first-order valence-corrected chi connectivity index (χ1v) is 7.52. The SMILES string of the molecule is C[C@@H](OC(=O)/C=C/c1cccc(F)c1)C(=O)Nc1cccc(Cl)c1. The third kappa shape index (κ3) is 5.52. The smallest absolute Gasteiger partial charge is 0.331 e. The number of halogens is 2. The average molecular weight is 348 g/mol. The lowest BCUT2D eigenvalue weighted by molar-refractivity contribution is -0.148. The van der Waals surface area contributed by atoms with Gasteiger partial charge in [0.1, 0.15) is 5.82 Å². The molecule has 2 aromatic carbocycles. The number of hydrogen-bond donors (Lipinski definition) is 1. The highest BCUT2D eigenvalue weighted by atomic mass is 35.5. The Hall–Kier alpha value is -2.66. The molecule has 1 N–H and O–H groups in total. The summed E-state index contributed by atoms with van der Waals surface area (Å²) in [5.41, 5.74) is 1.02. The molecule has 0 saturated carbocycles. The molecule has 0 aliphatic carbocycles. The largest absolute Gasteiger partial charge is 0.449 e. The Morgan fingerprint density at radius 3 is 2.67 bits per heavy atom. The third-order valence-corrected chi connectivity index (χ3v) is 3.25. The van der Waals surface area contributed by atoms with Gasteiger partial charge in [-0.15, -0.1) is 0 Å². The van der Waals surface area contributed by atoms with Crippen LogP contribution in [0.3, 0.4) is 0 Å². The second kappa shape index (κ2) is 8.26. The minimum Gasteiger partial charge on any atom is -0.449 e. The molecule has 0 aliphatic rings. The zero-order valence-corrected chi connectivity index (χ0v) is 13.6. The van der Waals surface area contributed by atoms with E-state index >= 15 is 0 Å². The van der Waals surface area contributed by atoms with Crippen LogP contribution in [0.5, 0.6) is 0 Å². The van der Waals surface area contributed by atoms with Crippen LogP contribution in [0.4, 0.5) is 10.1 Å². The fourth-order valence-corrected chi connectivity index (χ4v) is 2.04. The molecule has 0 radical (unpaired) electrons. The standard InChI is InChI=1S/C18H15ClFNO3/c1-12(18(23)21-16-7-3-5-14(19)11-16)24-17(22)9-8-13-4-2-6-15(20)10-13/h2-12H,1H3,(H,21,23)/b9-8+/t12-/m1/s1. The van der Waals surface area contributed by atoms with Gasteiger partial charge in [-0.1, -0.05) is 29.8 Å². The van der Waals surface area contributed by atoms with E-state index in [9.17, 15) is 14.0 Å². The molecule has 1 amide bonds. The summed E-state index contributed by atoms with van der Waals surface area (Å²) in [6.07, 6.45) is 1.55. The van der Waals surface area contributed by atoms with Crippen LogP contribution in [0, 0.1) is 5.82 Å². The highest BCUT2D eigenvalue weighted by Crippen LogP contribution is 2.15. The van der Waals surface area contributed by atoms with Gasteiger partial charge in [0.15, 0.2) is 6.10 Å². The Kier molecular flexibility index (Phi) is 6.09. The van der Waals surface area contributed by atoms with Crippen molar-refractivity contribution in [2.75, 3.05) is 5.32 Å². The summed E-state index contributed by atoms with van der Waals surface area (Å²) in [5, 5.41) is 3.08. The zero-order chi connectivity index (χ0) is 17.5. The fourth-order valence-electron chi connectivity index (χ4n) is 1.85. The van der Waals surface area contributed by atoms with Crippen LogP contribution in [0.25, 0.3) is 6.08 Å². The lowest BCUT2D eigenvalue weighted by Crippen LogP contribution is -2.29. The van der Waals surface area contributed by atoms with E-state index in [1.165, 1.54) is 31.2 Å². The molecular formula is C18H15ClFNO3. The van der Waals surface area contributed by atoms with Gasteiger partial charge in [-0.2, -0.15) is 0 Å². The molecule has 24 heavy (non-hydrogen) atoms. The van der Waals surface area contributed by atoms with E-state index < -0.39 is 23.8 Å². The third-order valence-electron chi connectivity index (χ3n) is 3.01. The summed E-state index contributed by atoms with van der Waals surface area (Å²) >= 11 is 5.83. The lowest BCUT2D eigenvalue weighted by Gasteiger charge is -2.12. The van der Waals surface area contributed by atoms with E-state index in [-0.39, 0.29) is 0 Å². The summed E-state index contributed by atoms with van der Waals surface area (Å²) in [4.78, 5) is 23.7. The van der Waals surface area contributed by atoms with Crippen molar-refractivity contribution in [1.82, 2.24) is 0 Å². The molecule has 6 heteroatoms. The predicted molar refractivity (Wildman–Crippen MR) is 91.1 cm³/mol. The number of anilines is 1. The number of nitrogens with one attached hydrogen (secondary N) is 1. The van der Waals surface area contributed by atoms with Gasteiger partial charge >= 0.3 is 5.97 Å². The Bertz CT molecular complexity index is 776. The van der Waals surface area contributed by atoms with Crippen LogP contribution in [-0.2, 0) is 14.3 Å². The molecule has 0 spiro atoms. The van der Waals surface area contributed by atoms with E-state index in [0.717, 1.165) is 6.08 Å². The van der Waals surface area contributed by atoms with Gasteiger partial charge < -0.3 is 10.1 Å². The highest BCUT2D eigenvalue weighted by molar-refractivity contribution is 6.30. The van der Waals surface area contributed by atoms with E-state index in [0.29, 0.717) is 16.3 Å².